The van der Waals surface area contributed by atoms with E-state index in [0.29, 0.717) is 5.82 Å². The first-order valence-electron chi connectivity index (χ1n) is 6.63. The SMILES string of the molecule is Nc1nsc(NCCc2ccncc2)c1-c1ccncc1. The molecule has 3 heterocycles. The molecule has 0 fully saturated rings. The van der Waals surface area contributed by atoms with Gasteiger partial charge in [-0.2, -0.15) is 4.37 Å². The van der Waals surface area contributed by atoms with Gasteiger partial charge in [-0.25, -0.2) is 0 Å². The van der Waals surface area contributed by atoms with Gasteiger partial charge in [0.1, 0.15) is 10.8 Å². The Labute approximate surface area is 127 Å². The molecule has 106 valence electrons. The molecule has 21 heavy (non-hydrogen) atoms. The summed E-state index contributed by atoms with van der Waals surface area (Å²) in [5.41, 5.74) is 9.22. The van der Waals surface area contributed by atoms with Crippen LogP contribution in [0, 0.1) is 0 Å². The van der Waals surface area contributed by atoms with Crippen LogP contribution in [0.15, 0.2) is 49.1 Å². The summed E-state index contributed by atoms with van der Waals surface area (Å²) in [7, 11) is 0. The van der Waals surface area contributed by atoms with Crippen LogP contribution in [-0.4, -0.2) is 20.9 Å². The van der Waals surface area contributed by atoms with Crippen molar-refractivity contribution in [2.45, 2.75) is 6.42 Å². The molecule has 0 spiro atoms. The molecule has 0 unspecified atom stereocenters. The Hall–Kier alpha value is -2.47. The number of rotatable bonds is 5. The van der Waals surface area contributed by atoms with Crippen LogP contribution in [0.1, 0.15) is 5.56 Å². The number of hydrogen-bond acceptors (Lipinski definition) is 6. The first kappa shape index (κ1) is 13.5. The first-order valence-corrected chi connectivity index (χ1v) is 7.40. The van der Waals surface area contributed by atoms with E-state index in [-0.39, 0.29) is 0 Å². The maximum atomic E-state index is 5.99. The summed E-state index contributed by atoms with van der Waals surface area (Å²) in [5.74, 6) is 0.553. The number of nitrogens with zero attached hydrogens (tertiary/aromatic N) is 3. The first-order chi connectivity index (χ1) is 10.3. The maximum Gasteiger partial charge on any atom is 0.147 e. The van der Waals surface area contributed by atoms with Gasteiger partial charge in [-0.1, -0.05) is 0 Å². The van der Waals surface area contributed by atoms with Gasteiger partial charge >= 0.3 is 0 Å². The van der Waals surface area contributed by atoms with E-state index in [1.54, 1.807) is 12.4 Å². The summed E-state index contributed by atoms with van der Waals surface area (Å²) < 4.78 is 4.25. The van der Waals surface area contributed by atoms with Gasteiger partial charge in [-0.05, 0) is 53.3 Å². The molecule has 0 aliphatic heterocycles. The van der Waals surface area contributed by atoms with Gasteiger partial charge in [0.05, 0.1) is 5.56 Å². The second-order valence-corrected chi connectivity index (χ2v) is 5.31. The molecule has 3 rings (SSSR count). The highest BCUT2D eigenvalue weighted by atomic mass is 32.1. The Morgan fingerprint density at radius 1 is 1.00 bits per heavy atom. The van der Waals surface area contributed by atoms with Crippen LogP contribution in [0.5, 0.6) is 0 Å². The van der Waals surface area contributed by atoms with Crippen LogP contribution in [0.2, 0.25) is 0 Å². The molecule has 3 aromatic heterocycles. The Morgan fingerprint density at radius 2 is 1.67 bits per heavy atom. The van der Waals surface area contributed by atoms with Gasteiger partial charge in [-0.3, -0.25) is 9.97 Å². The van der Waals surface area contributed by atoms with Crippen molar-refractivity contribution in [3.8, 4) is 11.1 Å². The lowest BCUT2D eigenvalue weighted by Crippen LogP contribution is -2.04. The van der Waals surface area contributed by atoms with E-state index in [4.69, 9.17) is 5.73 Å². The minimum absolute atomic E-state index is 0.553. The number of nitrogens with one attached hydrogen (secondary N) is 1. The largest absolute Gasteiger partial charge is 0.382 e. The summed E-state index contributed by atoms with van der Waals surface area (Å²) in [4.78, 5) is 8.05. The fourth-order valence-corrected chi connectivity index (χ4v) is 2.85. The van der Waals surface area contributed by atoms with Crippen molar-refractivity contribution in [3.05, 3.63) is 54.6 Å². The number of anilines is 2. The van der Waals surface area contributed by atoms with E-state index in [2.05, 4.69) is 19.7 Å². The topological polar surface area (TPSA) is 76.7 Å². The maximum absolute atomic E-state index is 5.99. The van der Waals surface area contributed by atoms with Crippen molar-refractivity contribution >= 4 is 22.4 Å². The predicted molar refractivity (Wildman–Crippen MR) is 86.2 cm³/mol. The van der Waals surface area contributed by atoms with E-state index in [0.717, 1.165) is 29.1 Å². The smallest absolute Gasteiger partial charge is 0.147 e. The van der Waals surface area contributed by atoms with Crippen LogP contribution < -0.4 is 11.1 Å². The summed E-state index contributed by atoms with van der Waals surface area (Å²) in [6.07, 6.45) is 8.06. The summed E-state index contributed by atoms with van der Waals surface area (Å²) in [5, 5.41) is 4.41. The molecule has 0 saturated heterocycles. The molecule has 0 saturated carbocycles. The van der Waals surface area contributed by atoms with E-state index in [9.17, 15) is 0 Å². The molecule has 6 heteroatoms. The zero-order valence-electron chi connectivity index (χ0n) is 11.4. The molecule has 0 bridgehead atoms. The third kappa shape index (κ3) is 3.17. The van der Waals surface area contributed by atoms with Crippen LogP contribution in [-0.2, 0) is 6.42 Å². The van der Waals surface area contributed by atoms with Crippen LogP contribution >= 0.6 is 11.5 Å². The minimum Gasteiger partial charge on any atom is -0.382 e. The number of pyridine rings is 2. The number of aromatic nitrogens is 3. The summed E-state index contributed by atoms with van der Waals surface area (Å²) >= 11 is 1.39. The highest BCUT2D eigenvalue weighted by Crippen LogP contribution is 2.36. The van der Waals surface area contributed by atoms with Gasteiger partial charge in [0.25, 0.3) is 0 Å². The zero-order valence-corrected chi connectivity index (χ0v) is 12.2. The average Bonchev–Trinajstić information content (AvgIpc) is 2.90. The third-order valence-electron chi connectivity index (χ3n) is 3.14. The lowest BCUT2D eigenvalue weighted by Gasteiger charge is -2.07. The number of nitrogen functional groups attached to an aromatic ring is 1. The van der Waals surface area contributed by atoms with Crippen LogP contribution in [0.25, 0.3) is 11.1 Å². The van der Waals surface area contributed by atoms with E-state index >= 15 is 0 Å². The quantitative estimate of drug-likeness (QED) is 0.757. The summed E-state index contributed by atoms with van der Waals surface area (Å²) in [6, 6.07) is 7.92. The van der Waals surface area contributed by atoms with Crippen LogP contribution in [0.3, 0.4) is 0 Å². The molecule has 0 atom stereocenters. The molecule has 0 aliphatic carbocycles. The predicted octanol–water partition coefficient (Wildman–Crippen LogP) is 2.84. The molecule has 0 amide bonds. The van der Waals surface area contributed by atoms with Crippen molar-refractivity contribution in [2.75, 3.05) is 17.6 Å². The second-order valence-electron chi connectivity index (χ2n) is 4.54. The summed E-state index contributed by atoms with van der Waals surface area (Å²) in [6.45, 7) is 0.823. The third-order valence-corrected chi connectivity index (χ3v) is 3.96. The lowest BCUT2D eigenvalue weighted by molar-refractivity contribution is 1.02. The van der Waals surface area contributed by atoms with E-state index in [1.165, 1.54) is 17.1 Å². The van der Waals surface area contributed by atoms with Crippen molar-refractivity contribution in [1.82, 2.24) is 14.3 Å². The molecular formula is C15H15N5S. The average molecular weight is 297 g/mol. The fraction of sp³-hybridized carbons (Fsp3) is 0.133. The van der Waals surface area contributed by atoms with Crippen molar-refractivity contribution in [3.63, 3.8) is 0 Å². The molecule has 5 nitrogen and oxygen atoms in total. The van der Waals surface area contributed by atoms with Gasteiger partial charge in [0.2, 0.25) is 0 Å². The Bertz CT molecular complexity index is 697. The molecule has 0 radical (unpaired) electrons. The Morgan fingerprint density at radius 3 is 2.38 bits per heavy atom. The molecule has 3 aromatic rings. The van der Waals surface area contributed by atoms with Gasteiger partial charge < -0.3 is 11.1 Å². The molecular weight excluding hydrogens is 282 g/mol. The van der Waals surface area contributed by atoms with E-state index < -0.39 is 0 Å². The van der Waals surface area contributed by atoms with Crippen molar-refractivity contribution < 1.29 is 0 Å². The van der Waals surface area contributed by atoms with Crippen LogP contribution in [0.4, 0.5) is 10.8 Å². The van der Waals surface area contributed by atoms with Gasteiger partial charge in [0, 0.05) is 31.3 Å². The van der Waals surface area contributed by atoms with Crippen molar-refractivity contribution in [2.24, 2.45) is 0 Å². The molecule has 0 aromatic carbocycles. The highest BCUT2D eigenvalue weighted by molar-refractivity contribution is 7.11. The number of hydrogen-bond donors (Lipinski definition) is 2. The molecule has 3 N–H and O–H groups in total. The minimum atomic E-state index is 0.553. The Kier molecular flexibility index (Phi) is 4.07. The van der Waals surface area contributed by atoms with E-state index in [1.807, 2.05) is 36.7 Å². The number of nitrogens with two attached hydrogens (primary N) is 1. The van der Waals surface area contributed by atoms with Gasteiger partial charge in [0.15, 0.2) is 0 Å². The highest BCUT2D eigenvalue weighted by Gasteiger charge is 2.13. The van der Waals surface area contributed by atoms with Gasteiger partial charge in [-0.15, -0.1) is 0 Å². The standard InChI is InChI=1S/C15H15N5S/c16-14-13(12-4-8-18-9-5-12)15(21-20-14)19-10-3-11-1-6-17-7-2-11/h1-2,4-9,19H,3,10H2,(H2,16,20). The Balaban J connectivity index is 1.72. The molecule has 0 aliphatic rings. The zero-order chi connectivity index (χ0) is 14.5. The second kappa shape index (κ2) is 6.32. The van der Waals surface area contributed by atoms with Crippen molar-refractivity contribution in [1.29, 1.82) is 0 Å². The monoisotopic (exact) mass is 297 g/mol. The fourth-order valence-electron chi connectivity index (χ4n) is 2.09. The normalized spacial score (nSPS) is 10.5. The lowest BCUT2D eigenvalue weighted by atomic mass is 10.1.